The second kappa shape index (κ2) is 4.83. The third kappa shape index (κ3) is 2.65. The van der Waals surface area contributed by atoms with Crippen LogP contribution in [0.25, 0.3) is 0 Å². The first kappa shape index (κ1) is 14.4. The van der Waals surface area contributed by atoms with Crippen molar-refractivity contribution in [3.8, 4) is 0 Å². The molecule has 0 unspecified atom stereocenters. The van der Waals surface area contributed by atoms with E-state index in [1.54, 1.807) is 13.8 Å². The molecule has 1 saturated heterocycles. The summed E-state index contributed by atoms with van der Waals surface area (Å²) in [6, 6.07) is 2.50. The molecule has 19 heavy (non-hydrogen) atoms. The lowest BCUT2D eigenvalue weighted by molar-refractivity contribution is 0.169. The van der Waals surface area contributed by atoms with Crippen molar-refractivity contribution >= 4 is 10.0 Å². The van der Waals surface area contributed by atoms with Gasteiger partial charge < -0.3 is 0 Å². The highest BCUT2D eigenvalue weighted by Gasteiger charge is 2.40. The van der Waals surface area contributed by atoms with Crippen LogP contribution in [0.1, 0.15) is 33.1 Å². The van der Waals surface area contributed by atoms with E-state index in [0.29, 0.717) is 13.0 Å². The summed E-state index contributed by atoms with van der Waals surface area (Å²) in [4.78, 5) is -0.581. The number of hydrogen-bond donors (Lipinski definition) is 0. The Morgan fingerprint density at radius 2 is 1.89 bits per heavy atom. The summed E-state index contributed by atoms with van der Waals surface area (Å²) >= 11 is 0. The zero-order valence-corrected chi connectivity index (χ0v) is 11.8. The molecule has 0 saturated carbocycles. The third-order valence-corrected chi connectivity index (χ3v) is 5.66. The van der Waals surface area contributed by atoms with Crippen molar-refractivity contribution in [2.45, 2.75) is 43.5 Å². The Morgan fingerprint density at radius 1 is 1.21 bits per heavy atom. The van der Waals surface area contributed by atoms with Crippen molar-refractivity contribution in [2.24, 2.45) is 0 Å². The second-order valence-electron chi connectivity index (χ2n) is 5.42. The number of hydrogen-bond acceptors (Lipinski definition) is 2. The van der Waals surface area contributed by atoms with Crippen molar-refractivity contribution in [2.75, 3.05) is 6.54 Å². The number of piperidine rings is 1. The molecule has 0 spiro atoms. The minimum Gasteiger partial charge on any atom is -0.207 e. The molecule has 0 atom stereocenters. The molecule has 0 N–H and O–H groups in total. The molecule has 6 heteroatoms. The molecule has 0 aromatic heterocycles. The van der Waals surface area contributed by atoms with Gasteiger partial charge in [-0.3, -0.25) is 0 Å². The Labute approximate surface area is 112 Å². The first-order valence-electron chi connectivity index (χ1n) is 6.23. The third-order valence-electron chi connectivity index (χ3n) is 3.54. The van der Waals surface area contributed by atoms with E-state index in [0.717, 1.165) is 31.0 Å². The van der Waals surface area contributed by atoms with Crippen molar-refractivity contribution in [1.29, 1.82) is 0 Å². The van der Waals surface area contributed by atoms with Gasteiger partial charge in [-0.05, 0) is 44.9 Å². The van der Waals surface area contributed by atoms with Gasteiger partial charge in [0.2, 0.25) is 10.0 Å². The lowest BCUT2D eigenvalue weighted by Gasteiger charge is -2.41. The van der Waals surface area contributed by atoms with Crippen LogP contribution < -0.4 is 0 Å². The van der Waals surface area contributed by atoms with Crippen molar-refractivity contribution in [1.82, 2.24) is 4.31 Å². The lowest BCUT2D eigenvalue weighted by Crippen LogP contribution is -2.50. The van der Waals surface area contributed by atoms with Gasteiger partial charge in [-0.25, -0.2) is 17.2 Å². The van der Waals surface area contributed by atoms with Gasteiger partial charge in [-0.1, -0.05) is 6.42 Å². The average Bonchev–Trinajstić information content (AvgIpc) is 2.31. The Hall–Kier alpha value is -1.01. The predicted molar refractivity (Wildman–Crippen MR) is 68.2 cm³/mol. The molecule has 1 fully saturated rings. The molecule has 0 aliphatic carbocycles. The van der Waals surface area contributed by atoms with Gasteiger partial charge in [-0.2, -0.15) is 4.31 Å². The van der Waals surface area contributed by atoms with E-state index < -0.39 is 32.1 Å². The molecule has 1 heterocycles. The summed E-state index contributed by atoms with van der Waals surface area (Å²) in [5.74, 6) is -1.67. The van der Waals surface area contributed by atoms with Crippen LogP contribution >= 0.6 is 0 Å². The van der Waals surface area contributed by atoms with E-state index in [9.17, 15) is 17.2 Å². The Balaban J connectivity index is 2.50. The zero-order valence-electron chi connectivity index (χ0n) is 11.0. The summed E-state index contributed by atoms with van der Waals surface area (Å²) in [5, 5.41) is 0. The van der Waals surface area contributed by atoms with Crippen LogP contribution in [0.3, 0.4) is 0 Å². The molecule has 2 rings (SSSR count). The highest BCUT2D eigenvalue weighted by Crippen LogP contribution is 2.33. The summed E-state index contributed by atoms with van der Waals surface area (Å²) in [6.07, 6.45) is 2.38. The van der Waals surface area contributed by atoms with Gasteiger partial charge in [0, 0.05) is 12.1 Å². The normalized spacial score (nSPS) is 20.4. The first-order valence-corrected chi connectivity index (χ1v) is 7.67. The zero-order chi connectivity index (χ0) is 14.3. The van der Waals surface area contributed by atoms with Crippen LogP contribution in [-0.4, -0.2) is 24.8 Å². The molecule has 1 aromatic rings. The topological polar surface area (TPSA) is 37.4 Å². The number of nitrogens with zero attached hydrogens (tertiary/aromatic N) is 1. The first-order chi connectivity index (χ1) is 8.75. The van der Waals surface area contributed by atoms with E-state index in [1.807, 2.05) is 0 Å². The number of sulfonamides is 1. The molecule has 0 bridgehead atoms. The van der Waals surface area contributed by atoms with Gasteiger partial charge in [0.15, 0.2) is 0 Å². The quantitative estimate of drug-likeness (QED) is 0.839. The Kier molecular flexibility index (Phi) is 3.66. The monoisotopic (exact) mass is 289 g/mol. The van der Waals surface area contributed by atoms with Crippen LogP contribution in [0.5, 0.6) is 0 Å². The number of halogens is 2. The van der Waals surface area contributed by atoms with Crippen LogP contribution in [0.2, 0.25) is 0 Å². The van der Waals surface area contributed by atoms with Crippen LogP contribution in [-0.2, 0) is 10.0 Å². The van der Waals surface area contributed by atoms with Crippen LogP contribution in [0, 0.1) is 11.6 Å². The maximum absolute atomic E-state index is 13.7. The highest BCUT2D eigenvalue weighted by molar-refractivity contribution is 7.89. The smallest absolute Gasteiger partial charge is 0.207 e. The molecule has 1 aromatic carbocycles. The lowest BCUT2D eigenvalue weighted by atomic mass is 9.93. The van der Waals surface area contributed by atoms with E-state index in [-0.39, 0.29) is 0 Å². The molecule has 106 valence electrons. The van der Waals surface area contributed by atoms with Crippen LogP contribution in [0.15, 0.2) is 23.1 Å². The van der Waals surface area contributed by atoms with E-state index in [1.165, 1.54) is 4.31 Å². The van der Waals surface area contributed by atoms with E-state index in [4.69, 9.17) is 0 Å². The maximum Gasteiger partial charge on any atom is 0.246 e. The number of benzene rings is 1. The highest BCUT2D eigenvalue weighted by atomic mass is 32.2. The molecule has 1 aliphatic rings. The summed E-state index contributed by atoms with van der Waals surface area (Å²) in [6.45, 7) is 3.95. The minimum absolute atomic E-state index is 0.339. The van der Waals surface area contributed by atoms with E-state index >= 15 is 0 Å². The van der Waals surface area contributed by atoms with Gasteiger partial charge >= 0.3 is 0 Å². The fourth-order valence-corrected chi connectivity index (χ4v) is 4.40. The van der Waals surface area contributed by atoms with Gasteiger partial charge in [-0.15, -0.1) is 0 Å². The van der Waals surface area contributed by atoms with Crippen molar-refractivity contribution in [3.05, 3.63) is 29.8 Å². The summed E-state index contributed by atoms with van der Waals surface area (Å²) in [5.41, 5.74) is -0.574. The second-order valence-corrected chi connectivity index (χ2v) is 7.25. The summed E-state index contributed by atoms with van der Waals surface area (Å²) in [7, 11) is -4.00. The average molecular weight is 289 g/mol. The standard InChI is InChI=1S/C13H17F2NO2S/c1-13(2)7-3-4-8-16(13)19(17,18)12-9-10(14)5-6-11(12)15/h5-6,9H,3-4,7-8H2,1-2H3. The fraction of sp³-hybridized carbons (Fsp3) is 0.538. The van der Waals surface area contributed by atoms with E-state index in [2.05, 4.69) is 0 Å². The van der Waals surface area contributed by atoms with Crippen molar-refractivity contribution in [3.63, 3.8) is 0 Å². The molecular weight excluding hydrogens is 272 g/mol. The van der Waals surface area contributed by atoms with Crippen molar-refractivity contribution < 1.29 is 17.2 Å². The van der Waals surface area contributed by atoms with Gasteiger partial charge in [0.1, 0.15) is 16.5 Å². The molecular formula is C13H17F2NO2S. The maximum atomic E-state index is 13.7. The van der Waals surface area contributed by atoms with Gasteiger partial charge in [0.25, 0.3) is 0 Å². The molecule has 3 nitrogen and oxygen atoms in total. The minimum atomic E-state index is -4.00. The Bertz CT molecular complexity index is 584. The molecule has 1 aliphatic heterocycles. The largest absolute Gasteiger partial charge is 0.246 e. The summed E-state index contributed by atoms with van der Waals surface area (Å²) < 4.78 is 53.2. The SMILES string of the molecule is CC1(C)CCCCN1S(=O)(=O)c1cc(F)ccc1F. The predicted octanol–water partition coefficient (Wildman–Crippen LogP) is 2.92. The molecule has 0 radical (unpaired) electrons. The molecule has 0 amide bonds. The van der Waals surface area contributed by atoms with Crippen LogP contribution in [0.4, 0.5) is 8.78 Å². The number of rotatable bonds is 2. The Morgan fingerprint density at radius 3 is 2.53 bits per heavy atom. The van der Waals surface area contributed by atoms with Gasteiger partial charge in [0.05, 0.1) is 0 Å². The fourth-order valence-electron chi connectivity index (χ4n) is 2.48.